The molecule has 2 atom stereocenters. The lowest BCUT2D eigenvalue weighted by Crippen LogP contribution is -2.42. The van der Waals surface area contributed by atoms with Gasteiger partial charge in [0, 0.05) is 18.3 Å². The maximum Gasteiger partial charge on any atom is 0.224 e. The predicted octanol–water partition coefficient (Wildman–Crippen LogP) is 0.608. The highest BCUT2D eigenvalue weighted by Gasteiger charge is 2.25. The van der Waals surface area contributed by atoms with Gasteiger partial charge in [-0.2, -0.15) is 11.8 Å². The quantitative estimate of drug-likeness (QED) is 0.707. The van der Waals surface area contributed by atoms with E-state index in [9.17, 15) is 4.79 Å². The van der Waals surface area contributed by atoms with E-state index in [1.807, 2.05) is 11.8 Å². The number of carbonyl (C=O) groups is 1. The monoisotopic (exact) mass is 214 g/mol. The first kappa shape index (κ1) is 10.3. The molecule has 14 heavy (non-hydrogen) atoms. The van der Waals surface area contributed by atoms with Gasteiger partial charge in [0.2, 0.25) is 5.91 Å². The molecule has 2 heterocycles. The largest absolute Gasteiger partial charge is 0.352 e. The Morgan fingerprint density at radius 3 is 3.00 bits per heavy atom. The Morgan fingerprint density at radius 2 is 2.36 bits per heavy atom. The Labute approximate surface area is 89.4 Å². The number of thioether (sulfide) groups is 1. The Bertz CT molecular complexity index is 198. The standard InChI is InChI=1S/C10H18N2OS/c13-10(8-3-4-11-6-8)12-9-2-1-5-14-7-9/h8-9,11H,1-7H2,(H,12,13). The Balaban J connectivity index is 1.75. The zero-order valence-corrected chi connectivity index (χ0v) is 9.24. The van der Waals surface area contributed by atoms with Crippen LogP contribution in [0.4, 0.5) is 0 Å². The van der Waals surface area contributed by atoms with Crippen LogP contribution in [0.2, 0.25) is 0 Å². The van der Waals surface area contributed by atoms with Gasteiger partial charge in [0.05, 0.1) is 5.92 Å². The van der Waals surface area contributed by atoms with Crippen molar-refractivity contribution in [2.24, 2.45) is 5.92 Å². The molecular weight excluding hydrogens is 196 g/mol. The molecule has 0 aromatic rings. The molecule has 0 aromatic carbocycles. The molecule has 0 aromatic heterocycles. The molecule has 0 bridgehead atoms. The van der Waals surface area contributed by atoms with Crippen LogP contribution in [-0.4, -0.2) is 36.5 Å². The van der Waals surface area contributed by atoms with Crippen molar-refractivity contribution in [2.75, 3.05) is 24.6 Å². The molecule has 0 spiro atoms. The molecule has 2 aliphatic heterocycles. The van der Waals surface area contributed by atoms with Crippen molar-refractivity contribution in [2.45, 2.75) is 25.3 Å². The highest BCUT2D eigenvalue weighted by molar-refractivity contribution is 7.99. The maximum atomic E-state index is 11.8. The van der Waals surface area contributed by atoms with Gasteiger partial charge in [-0.3, -0.25) is 4.79 Å². The summed E-state index contributed by atoms with van der Waals surface area (Å²) in [4.78, 5) is 11.8. The molecule has 0 aliphatic carbocycles. The first-order valence-corrected chi connectivity index (χ1v) is 6.60. The summed E-state index contributed by atoms with van der Waals surface area (Å²) in [5.74, 6) is 2.85. The summed E-state index contributed by atoms with van der Waals surface area (Å²) in [5.41, 5.74) is 0. The fourth-order valence-corrected chi connectivity index (χ4v) is 3.12. The van der Waals surface area contributed by atoms with Gasteiger partial charge in [-0.1, -0.05) is 0 Å². The summed E-state index contributed by atoms with van der Waals surface area (Å²) in [6.45, 7) is 1.86. The van der Waals surface area contributed by atoms with Crippen molar-refractivity contribution in [3.8, 4) is 0 Å². The summed E-state index contributed by atoms with van der Waals surface area (Å²) < 4.78 is 0. The van der Waals surface area contributed by atoms with E-state index < -0.39 is 0 Å². The molecule has 3 nitrogen and oxygen atoms in total. The lowest BCUT2D eigenvalue weighted by molar-refractivity contribution is -0.125. The van der Waals surface area contributed by atoms with E-state index in [1.54, 1.807) is 0 Å². The van der Waals surface area contributed by atoms with Gasteiger partial charge >= 0.3 is 0 Å². The molecule has 2 aliphatic rings. The fourth-order valence-electron chi connectivity index (χ4n) is 2.05. The Hall–Kier alpha value is -0.220. The average Bonchev–Trinajstić information content (AvgIpc) is 2.72. The highest BCUT2D eigenvalue weighted by Crippen LogP contribution is 2.17. The third kappa shape index (κ3) is 2.64. The fraction of sp³-hybridized carbons (Fsp3) is 0.900. The lowest BCUT2D eigenvalue weighted by atomic mass is 10.1. The van der Waals surface area contributed by atoms with E-state index in [-0.39, 0.29) is 11.8 Å². The van der Waals surface area contributed by atoms with Crippen LogP contribution in [0, 0.1) is 5.92 Å². The SMILES string of the molecule is O=C(NC1CCCSC1)C1CCNC1. The topological polar surface area (TPSA) is 41.1 Å². The third-order valence-electron chi connectivity index (χ3n) is 2.94. The molecule has 4 heteroatoms. The van der Waals surface area contributed by atoms with Crippen LogP contribution in [0.25, 0.3) is 0 Å². The van der Waals surface area contributed by atoms with Gasteiger partial charge in [0.25, 0.3) is 0 Å². The van der Waals surface area contributed by atoms with Crippen molar-refractivity contribution in [1.29, 1.82) is 0 Å². The second-order valence-electron chi connectivity index (χ2n) is 4.11. The second-order valence-corrected chi connectivity index (χ2v) is 5.26. The van der Waals surface area contributed by atoms with Crippen LogP contribution in [0.15, 0.2) is 0 Å². The molecule has 2 N–H and O–H groups in total. The van der Waals surface area contributed by atoms with Gasteiger partial charge in [0.1, 0.15) is 0 Å². The minimum Gasteiger partial charge on any atom is -0.352 e. The summed E-state index contributed by atoms with van der Waals surface area (Å²) >= 11 is 1.96. The van der Waals surface area contributed by atoms with E-state index in [4.69, 9.17) is 0 Å². The maximum absolute atomic E-state index is 11.8. The molecule has 2 unspecified atom stereocenters. The summed E-state index contributed by atoms with van der Waals surface area (Å²) in [6.07, 6.45) is 3.42. The van der Waals surface area contributed by atoms with Crippen LogP contribution < -0.4 is 10.6 Å². The first-order chi connectivity index (χ1) is 6.86. The predicted molar refractivity (Wildman–Crippen MR) is 59.5 cm³/mol. The van der Waals surface area contributed by atoms with E-state index in [0.29, 0.717) is 6.04 Å². The van der Waals surface area contributed by atoms with Gasteiger partial charge in [-0.25, -0.2) is 0 Å². The minimum absolute atomic E-state index is 0.224. The van der Waals surface area contributed by atoms with E-state index >= 15 is 0 Å². The molecule has 0 radical (unpaired) electrons. The number of hydrogen-bond acceptors (Lipinski definition) is 3. The minimum atomic E-state index is 0.224. The van der Waals surface area contributed by atoms with Crippen LogP contribution in [0.3, 0.4) is 0 Å². The number of amides is 1. The molecule has 2 rings (SSSR count). The van der Waals surface area contributed by atoms with Crippen LogP contribution in [-0.2, 0) is 4.79 Å². The van der Waals surface area contributed by atoms with Crippen molar-refractivity contribution in [3.63, 3.8) is 0 Å². The summed E-state index contributed by atoms with van der Waals surface area (Å²) in [6, 6.07) is 0.432. The molecular formula is C10H18N2OS. The third-order valence-corrected chi connectivity index (χ3v) is 4.15. The van der Waals surface area contributed by atoms with E-state index in [1.165, 1.54) is 18.6 Å². The molecule has 2 saturated heterocycles. The van der Waals surface area contributed by atoms with Crippen molar-refractivity contribution >= 4 is 17.7 Å². The van der Waals surface area contributed by atoms with Crippen molar-refractivity contribution in [3.05, 3.63) is 0 Å². The zero-order valence-electron chi connectivity index (χ0n) is 8.42. The number of hydrogen-bond donors (Lipinski definition) is 2. The number of nitrogens with one attached hydrogen (secondary N) is 2. The molecule has 0 saturated carbocycles. The second kappa shape index (κ2) is 5.03. The Kier molecular flexibility index (Phi) is 3.70. The molecule has 1 amide bonds. The smallest absolute Gasteiger partial charge is 0.224 e. The van der Waals surface area contributed by atoms with E-state index in [0.717, 1.165) is 25.3 Å². The number of carbonyl (C=O) groups excluding carboxylic acids is 1. The molecule has 80 valence electrons. The summed E-state index contributed by atoms with van der Waals surface area (Å²) in [5, 5.41) is 6.39. The van der Waals surface area contributed by atoms with Gasteiger partial charge in [-0.05, 0) is 31.6 Å². The van der Waals surface area contributed by atoms with Gasteiger partial charge < -0.3 is 10.6 Å². The lowest BCUT2D eigenvalue weighted by Gasteiger charge is -2.23. The highest BCUT2D eigenvalue weighted by atomic mass is 32.2. The normalized spacial score (nSPS) is 32.9. The zero-order chi connectivity index (χ0) is 9.80. The van der Waals surface area contributed by atoms with Gasteiger partial charge in [-0.15, -0.1) is 0 Å². The van der Waals surface area contributed by atoms with Gasteiger partial charge in [0.15, 0.2) is 0 Å². The first-order valence-electron chi connectivity index (χ1n) is 5.45. The van der Waals surface area contributed by atoms with Crippen molar-refractivity contribution in [1.82, 2.24) is 10.6 Å². The van der Waals surface area contributed by atoms with Crippen LogP contribution in [0.5, 0.6) is 0 Å². The average molecular weight is 214 g/mol. The van der Waals surface area contributed by atoms with E-state index in [2.05, 4.69) is 10.6 Å². The Morgan fingerprint density at radius 1 is 1.43 bits per heavy atom. The van der Waals surface area contributed by atoms with Crippen molar-refractivity contribution < 1.29 is 4.79 Å². The molecule has 2 fully saturated rings. The number of rotatable bonds is 2. The van der Waals surface area contributed by atoms with Crippen LogP contribution >= 0.6 is 11.8 Å². The summed E-state index contributed by atoms with van der Waals surface area (Å²) in [7, 11) is 0. The van der Waals surface area contributed by atoms with Crippen LogP contribution in [0.1, 0.15) is 19.3 Å².